The average Bonchev–Trinajstić information content (AvgIpc) is 0.975. The Morgan fingerprint density at radius 2 is 1.51 bits per heavy atom. The third kappa shape index (κ3) is 17.8. The number of primary amides is 1. The van der Waals surface area contributed by atoms with Crippen molar-refractivity contribution in [3.8, 4) is 11.1 Å². The van der Waals surface area contributed by atoms with Gasteiger partial charge in [-0.25, -0.2) is 29.3 Å². The molecule has 28 heteroatoms. The molecule has 8 N–H and O–H groups in total. The number of carbonyl (C=O) groups excluding carboxylic acids is 8. The highest BCUT2D eigenvalue weighted by atomic mass is 32.1. The number of anilines is 3. The van der Waals surface area contributed by atoms with Crippen molar-refractivity contribution >= 4 is 91.7 Å². The highest BCUT2D eigenvalue weighted by Gasteiger charge is 2.66. The number of aromatic carboxylic acids is 1. The number of carbonyl (C=O) groups is 9. The summed E-state index contributed by atoms with van der Waals surface area (Å²) in [6.45, 7) is 14.1. The number of ether oxygens (including phenoxy) is 4. The monoisotopic (exact) mass is 1450 g/mol. The molecule has 104 heavy (non-hydrogen) atoms. The first-order valence-corrected chi connectivity index (χ1v) is 36.6. The second-order valence-corrected chi connectivity index (χ2v) is 30.6. The van der Waals surface area contributed by atoms with Gasteiger partial charge in [-0.1, -0.05) is 81.9 Å². The number of pyridine rings is 1. The zero-order valence-corrected chi connectivity index (χ0v) is 60.9. The Hall–Kier alpha value is -9.48. The van der Waals surface area contributed by atoms with E-state index in [0.29, 0.717) is 111 Å². The van der Waals surface area contributed by atoms with Crippen LogP contribution in [0.1, 0.15) is 148 Å². The molecule has 4 fully saturated rings. The molecule has 5 heterocycles. The number of likely N-dealkylation sites (N-methyl/N-ethyl adjacent to an activating group) is 1. The molecule has 2 unspecified atom stereocenters. The highest BCUT2D eigenvalue weighted by molar-refractivity contribution is 7.22. The number of aromatic nitrogens is 4. The number of nitrogens with zero attached hydrogens (tertiary/aromatic N) is 8. The zero-order chi connectivity index (χ0) is 74.1. The van der Waals surface area contributed by atoms with Crippen LogP contribution in [0.15, 0.2) is 97.2 Å². The van der Waals surface area contributed by atoms with Crippen LogP contribution in [0.5, 0.6) is 0 Å². The quantitative estimate of drug-likeness (QED) is 0.0162. The molecule has 3 aromatic heterocycles. The molecule has 0 saturated heterocycles. The number of nitrogens with two attached hydrogens (primary N) is 2. The van der Waals surface area contributed by atoms with E-state index in [-0.39, 0.29) is 103 Å². The van der Waals surface area contributed by atoms with Crippen LogP contribution in [0.2, 0.25) is 0 Å². The summed E-state index contributed by atoms with van der Waals surface area (Å²) in [5, 5.41) is 24.6. The maximum Gasteiger partial charge on any atom is 0.409 e. The Balaban J connectivity index is 0.605. The SMILES string of the molecule is Cc1c(-c2ccc(N3CCc4cccc(C(=O)Nc5nc6ccccc6s5)c4C3)nc2C(=O)O)cnn1CC12CC3(C)CC(C)(C1)CC(OCCOCCOCCN(C)C(=O)OCc1ccc(N(C(N)=O)C(=O)[C@H](CCCN)NC(=O)[C@@H](NC(=O)CCCCCN4C(=O)C=CC4=O)C(C)C)cc1)(C3)C2. The van der Waals surface area contributed by atoms with E-state index in [9.17, 15) is 48.3 Å². The van der Waals surface area contributed by atoms with Crippen molar-refractivity contribution in [2.45, 2.75) is 155 Å². The molecule has 4 aliphatic carbocycles. The number of urea groups is 1. The number of carboxylic acids is 1. The Bertz CT molecular complexity index is 4160. The van der Waals surface area contributed by atoms with Crippen molar-refractivity contribution < 1.29 is 67.2 Å². The van der Waals surface area contributed by atoms with Crippen molar-refractivity contribution in [1.82, 2.24) is 40.2 Å². The van der Waals surface area contributed by atoms with Crippen LogP contribution in [-0.2, 0) is 69.0 Å². The maximum absolute atomic E-state index is 14.1. The van der Waals surface area contributed by atoms with Gasteiger partial charge in [0.2, 0.25) is 11.8 Å². The van der Waals surface area contributed by atoms with Crippen molar-refractivity contribution in [2.75, 3.05) is 81.4 Å². The van der Waals surface area contributed by atoms with Gasteiger partial charge in [0.25, 0.3) is 23.6 Å². The molecule has 4 atom stereocenters. The first kappa shape index (κ1) is 75.7. The fourth-order valence-corrected chi connectivity index (χ4v) is 17.7. The Morgan fingerprint density at radius 1 is 0.788 bits per heavy atom. The standard InChI is InChI=1S/C76H95N13O14S/c1-48(2)64(83-61(90)19-8-7-11-30-87-62(91)26-27-63(87)92)67(94)80-58(17-13-29-77)68(95)89(70(78)98)52-22-20-50(21-23-52)40-102-72(99)85(6)32-33-100-34-35-101-36-37-103-76-44-73(4)41-74(5,45-76)43-75(42-73,46-76)47-88-49(3)55(38-79-88)53-24-25-60(82-65(53)69(96)97)86-31-28-51-14-12-15-54(56(51)39-86)66(93)84-71-81-57-16-9-10-18-59(57)104-71/h9-10,12,14-16,18,20-27,38,48,58,64H,7-8,11,13,17,19,28-37,39-47,77H2,1-6H3,(H2,78,98)(H,80,94)(H,83,90)(H,96,97)(H,81,84,93)/t58-,64-,73?,74?,75?,76?/m0/s1. The van der Waals surface area contributed by atoms with Crippen LogP contribution in [0.25, 0.3) is 21.3 Å². The smallest absolute Gasteiger partial charge is 0.409 e. The number of fused-ring (bicyclic) bond motifs is 2. The van der Waals surface area contributed by atoms with Crippen molar-refractivity contribution in [3.05, 3.63) is 131 Å². The molecule has 6 aromatic rings. The van der Waals surface area contributed by atoms with E-state index < -0.39 is 47.9 Å². The minimum Gasteiger partial charge on any atom is -0.476 e. The molecule has 2 aliphatic heterocycles. The minimum absolute atomic E-state index is 0.0634. The van der Waals surface area contributed by atoms with Crippen LogP contribution < -0.4 is 37.2 Å². The molecule has 554 valence electrons. The van der Waals surface area contributed by atoms with Gasteiger partial charge < -0.3 is 56.0 Å². The number of hydrogen-bond acceptors (Lipinski definition) is 19. The lowest BCUT2D eigenvalue weighted by molar-refractivity contribution is -0.250. The first-order valence-electron chi connectivity index (χ1n) is 35.8. The van der Waals surface area contributed by atoms with Gasteiger partial charge in [0.15, 0.2) is 10.8 Å². The van der Waals surface area contributed by atoms with Crippen molar-refractivity contribution in [2.24, 2.45) is 33.6 Å². The molecule has 27 nitrogen and oxygen atoms in total. The number of imide groups is 2. The van der Waals surface area contributed by atoms with E-state index in [2.05, 4.69) is 39.5 Å². The molecule has 0 spiro atoms. The molecule has 4 bridgehead atoms. The van der Waals surface area contributed by atoms with Crippen LogP contribution in [0.3, 0.4) is 0 Å². The van der Waals surface area contributed by atoms with Crippen LogP contribution in [0.4, 0.5) is 26.2 Å². The number of para-hydroxylation sites is 1. The molecule has 4 saturated carbocycles. The number of benzene rings is 3. The normalized spacial score (nSPS) is 20.7. The second kappa shape index (κ2) is 32.7. The van der Waals surface area contributed by atoms with Gasteiger partial charge in [-0.2, -0.15) is 5.10 Å². The summed E-state index contributed by atoms with van der Waals surface area (Å²) in [5.41, 5.74) is 17.2. The summed E-state index contributed by atoms with van der Waals surface area (Å²) in [6, 6.07) is 19.9. The van der Waals surface area contributed by atoms with Crippen molar-refractivity contribution in [3.63, 3.8) is 0 Å². The van der Waals surface area contributed by atoms with Gasteiger partial charge in [0.1, 0.15) is 24.5 Å². The maximum atomic E-state index is 14.1. The number of thiazole rings is 1. The van der Waals surface area contributed by atoms with E-state index in [4.69, 9.17) is 40.5 Å². The number of nitrogens with one attached hydrogen (secondary N) is 3. The van der Waals surface area contributed by atoms with Crippen molar-refractivity contribution in [1.29, 1.82) is 0 Å². The van der Waals surface area contributed by atoms with Gasteiger partial charge in [0.05, 0.1) is 60.7 Å². The van der Waals surface area contributed by atoms with E-state index in [0.717, 1.165) is 75.4 Å². The summed E-state index contributed by atoms with van der Waals surface area (Å²) in [4.78, 5) is 132. The lowest BCUT2D eigenvalue weighted by Crippen LogP contribution is -2.64. The number of amides is 9. The van der Waals surface area contributed by atoms with E-state index in [1.165, 1.54) is 40.5 Å². The predicted octanol–water partition coefficient (Wildman–Crippen LogP) is 9.08. The van der Waals surface area contributed by atoms with Gasteiger partial charge >= 0.3 is 18.1 Å². The van der Waals surface area contributed by atoms with E-state index >= 15 is 0 Å². The van der Waals surface area contributed by atoms with Gasteiger partial charge in [0, 0.05) is 80.7 Å². The summed E-state index contributed by atoms with van der Waals surface area (Å²) in [6.07, 6.45) is 12.2. The molecule has 3 aromatic carbocycles. The van der Waals surface area contributed by atoms with Gasteiger partial charge in [-0.15, -0.1) is 0 Å². The molecule has 6 aliphatic rings. The fourth-order valence-electron chi connectivity index (χ4n) is 16.9. The molecule has 12 rings (SSSR count). The Kier molecular flexibility index (Phi) is 23.8. The number of rotatable bonds is 34. The summed E-state index contributed by atoms with van der Waals surface area (Å²) < 4.78 is 27.4. The third-order valence-corrected chi connectivity index (χ3v) is 21.6. The molecule has 0 radical (unpaired) electrons. The summed E-state index contributed by atoms with van der Waals surface area (Å²) in [7, 11) is 1.59. The van der Waals surface area contributed by atoms with Gasteiger partial charge in [-0.3, -0.25) is 43.7 Å². The minimum atomic E-state index is -1.24. The Labute approximate surface area is 608 Å². The van der Waals surface area contributed by atoms with Crippen LogP contribution >= 0.6 is 11.3 Å². The third-order valence-electron chi connectivity index (χ3n) is 20.6. The lowest BCUT2D eigenvalue weighted by Gasteiger charge is -2.69. The van der Waals surface area contributed by atoms with Crippen LogP contribution in [0, 0.1) is 29.1 Å². The van der Waals surface area contributed by atoms with E-state index in [1.54, 1.807) is 39.2 Å². The summed E-state index contributed by atoms with van der Waals surface area (Å²) >= 11 is 1.42. The Morgan fingerprint density at radius 3 is 2.21 bits per heavy atom. The lowest BCUT2D eigenvalue weighted by atomic mass is 9.39. The number of hydrogen-bond donors (Lipinski definition) is 6. The van der Waals surface area contributed by atoms with E-state index in [1.807, 2.05) is 66.4 Å². The average molecular weight is 1450 g/mol. The predicted molar refractivity (Wildman–Crippen MR) is 390 cm³/mol. The summed E-state index contributed by atoms with van der Waals surface area (Å²) in [5.74, 6) is -3.85. The fraction of sp³-hybridized carbons (Fsp3) is 0.500. The highest BCUT2D eigenvalue weighted by Crippen LogP contribution is 2.72. The largest absolute Gasteiger partial charge is 0.476 e. The molecular formula is C76H95N13O14S. The second-order valence-electron chi connectivity index (χ2n) is 29.6. The molecule has 9 amide bonds. The number of unbranched alkanes of at least 4 members (excludes halogenated alkanes) is 2. The topological polar surface area (TPSA) is 355 Å². The number of carboxylic acid groups (broad SMARTS) is 1. The first-order chi connectivity index (χ1) is 49.8. The molecular weight excluding hydrogens is 1350 g/mol. The zero-order valence-electron chi connectivity index (χ0n) is 60.0. The van der Waals surface area contributed by atoms with Crippen LogP contribution in [-0.4, -0.2) is 172 Å². The van der Waals surface area contributed by atoms with Gasteiger partial charge in [-0.05, 0) is 165 Å².